The maximum atomic E-state index is 5.85. The van der Waals surface area contributed by atoms with Crippen molar-refractivity contribution in [2.45, 2.75) is 46.4 Å². The summed E-state index contributed by atoms with van der Waals surface area (Å²) in [6.07, 6.45) is 3.71. The zero-order valence-corrected chi connectivity index (χ0v) is 13.3. The molecule has 1 heterocycles. The zero-order valence-electron chi connectivity index (χ0n) is 13.3. The SMILES string of the molecule is CCNC(C)c1ccc(OCc2cncn2C(C)C)cc1. The fourth-order valence-electron chi connectivity index (χ4n) is 2.34. The molecule has 0 saturated carbocycles. The Kier molecular flexibility index (Phi) is 5.39. The van der Waals surface area contributed by atoms with Crippen LogP contribution in [0.25, 0.3) is 0 Å². The molecule has 0 radical (unpaired) electrons. The third-order valence-corrected chi connectivity index (χ3v) is 3.58. The molecule has 0 amide bonds. The van der Waals surface area contributed by atoms with E-state index in [-0.39, 0.29) is 0 Å². The van der Waals surface area contributed by atoms with Crippen LogP contribution in [0.3, 0.4) is 0 Å². The average molecular weight is 287 g/mol. The van der Waals surface area contributed by atoms with Gasteiger partial charge >= 0.3 is 0 Å². The molecule has 1 atom stereocenters. The van der Waals surface area contributed by atoms with Crippen molar-refractivity contribution in [3.63, 3.8) is 0 Å². The Morgan fingerprint density at radius 2 is 1.90 bits per heavy atom. The molecule has 0 aliphatic rings. The summed E-state index contributed by atoms with van der Waals surface area (Å²) in [5.41, 5.74) is 2.37. The van der Waals surface area contributed by atoms with Crippen LogP contribution in [0.5, 0.6) is 5.75 Å². The van der Waals surface area contributed by atoms with Gasteiger partial charge in [0, 0.05) is 12.1 Å². The lowest BCUT2D eigenvalue weighted by molar-refractivity contribution is 0.292. The number of hydrogen-bond acceptors (Lipinski definition) is 3. The molecule has 2 aromatic rings. The third-order valence-electron chi connectivity index (χ3n) is 3.58. The number of imidazole rings is 1. The molecule has 1 N–H and O–H groups in total. The number of nitrogens with zero attached hydrogens (tertiary/aromatic N) is 2. The lowest BCUT2D eigenvalue weighted by atomic mass is 10.1. The van der Waals surface area contributed by atoms with Gasteiger partial charge in [0.15, 0.2) is 0 Å². The predicted octanol–water partition coefficient (Wildman–Crippen LogP) is 3.71. The van der Waals surface area contributed by atoms with Crippen molar-refractivity contribution >= 4 is 0 Å². The van der Waals surface area contributed by atoms with Crippen molar-refractivity contribution in [3.8, 4) is 5.75 Å². The molecular formula is C17H25N3O. The molecule has 0 saturated heterocycles. The van der Waals surface area contributed by atoms with Gasteiger partial charge in [0.25, 0.3) is 0 Å². The monoisotopic (exact) mass is 287 g/mol. The summed E-state index contributed by atoms with van der Waals surface area (Å²) in [5.74, 6) is 0.888. The number of aromatic nitrogens is 2. The molecule has 1 aromatic heterocycles. The van der Waals surface area contributed by atoms with E-state index in [0.717, 1.165) is 18.0 Å². The molecule has 1 aromatic carbocycles. The van der Waals surface area contributed by atoms with Crippen molar-refractivity contribution < 1.29 is 4.74 Å². The predicted molar refractivity (Wildman–Crippen MR) is 85.5 cm³/mol. The quantitative estimate of drug-likeness (QED) is 0.843. The van der Waals surface area contributed by atoms with E-state index in [1.165, 1.54) is 5.56 Å². The first-order valence-corrected chi connectivity index (χ1v) is 7.58. The maximum absolute atomic E-state index is 5.85. The van der Waals surface area contributed by atoms with E-state index in [9.17, 15) is 0 Å². The minimum atomic E-state index is 0.367. The van der Waals surface area contributed by atoms with E-state index >= 15 is 0 Å². The van der Waals surface area contributed by atoms with Gasteiger partial charge in [-0.3, -0.25) is 0 Å². The second-order valence-corrected chi connectivity index (χ2v) is 5.52. The van der Waals surface area contributed by atoms with Crippen molar-refractivity contribution in [3.05, 3.63) is 48.0 Å². The second-order valence-electron chi connectivity index (χ2n) is 5.52. The van der Waals surface area contributed by atoms with Crippen molar-refractivity contribution in [2.24, 2.45) is 0 Å². The van der Waals surface area contributed by atoms with E-state index in [0.29, 0.717) is 18.7 Å². The van der Waals surface area contributed by atoms with Gasteiger partial charge in [-0.05, 0) is 45.0 Å². The van der Waals surface area contributed by atoms with Crippen LogP contribution in [0, 0.1) is 0 Å². The molecule has 2 rings (SSSR count). The normalized spacial score (nSPS) is 12.6. The van der Waals surface area contributed by atoms with Gasteiger partial charge < -0.3 is 14.6 Å². The van der Waals surface area contributed by atoms with Gasteiger partial charge in [-0.2, -0.15) is 0 Å². The smallest absolute Gasteiger partial charge is 0.130 e. The second kappa shape index (κ2) is 7.27. The highest BCUT2D eigenvalue weighted by molar-refractivity contribution is 5.29. The number of rotatable bonds is 7. The number of benzene rings is 1. The number of nitrogens with one attached hydrogen (secondary N) is 1. The lowest BCUT2D eigenvalue weighted by Crippen LogP contribution is -2.17. The van der Waals surface area contributed by atoms with Gasteiger partial charge in [0.05, 0.1) is 18.2 Å². The summed E-state index contributed by atoms with van der Waals surface area (Å²) in [6, 6.07) is 9.05. The highest BCUT2D eigenvalue weighted by Crippen LogP contribution is 2.19. The summed E-state index contributed by atoms with van der Waals surface area (Å²) in [7, 11) is 0. The van der Waals surface area contributed by atoms with Gasteiger partial charge in [-0.1, -0.05) is 19.1 Å². The molecule has 0 aliphatic heterocycles. The molecule has 4 heteroatoms. The summed E-state index contributed by atoms with van der Waals surface area (Å²) >= 11 is 0. The van der Waals surface area contributed by atoms with Gasteiger partial charge in [0.2, 0.25) is 0 Å². The minimum Gasteiger partial charge on any atom is -0.487 e. The van der Waals surface area contributed by atoms with E-state index in [1.807, 2.05) is 24.7 Å². The largest absolute Gasteiger partial charge is 0.487 e. The Balaban J connectivity index is 1.96. The zero-order chi connectivity index (χ0) is 15.2. The topological polar surface area (TPSA) is 39.1 Å². The van der Waals surface area contributed by atoms with Crippen LogP contribution in [-0.4, -0.2) is 16.1 Å². The van der Waals surface area contributed by atoms with Crippen LogP contribution in [0.15, 0.2) is 36.8 Å². The van der Waals surface area contributed by atoms with Gasteiger partial charge in [-0.15, -0.1) is 0 Å². The van der Waals surface area contributed by atoms with E-state index in [1.54, 1.807) is 0 Å². The molecule has 0 bridgehead atoms. The number of ether oxygens (including phenoxy) is 1. The van der Waals surface area contributed by atoms with Gasteiger partial charge in [-0.25, -0.2) is 4.98 Å². The molecule has 0 aliphatic carbocycles. The minimum absolute atomic E-state index is 0.367. The summed E-state index contributed by atoms with van der Waals surface area (Å²) in [4.78, 5) is 4.19. The van der Waals surface area contributed by atoms with Crippen LogP contribution in [0.2, 0.25) is 0 Å². The van der Waals surface area contributed by atoms with Crippen molar-refractivity contribution in [2.75, 3.05) is 6.54 Å². The molecular weight excluding hydrogens is 262 g/mol. The maximum Gasteiger partial charge on any atom is 0.130 e. The molecule has 21 heavy (non-hydrogen) atoms. The van der Waals surface area contributed by atoms with E-state index < -0.39 is 0 Å². The standard InChI is InChI=1S/C17H25N3O/c1-5-19-14(4)15-6-8-17(9-7-15)21-11-16-10-18-12-20(16)13(2)3/h6-10,12-14,19H,5,11H2,1-4H3. The fraction of sp³-hybridized carbons (Fsp3) is 0.471. The van der Waals surface area contributed by atoms with Crippen LogP contribution >= 0.6 is 0 Å². The van der Waals surface area contributed by atoms with Crippen LogP contribution in [-0.2, 0) is 6.61 Å². The summed E-state index contributed by atoms with van der Waals surface area (Å²) < 4.78 is 7.98. The van der Waals surface area contributed by atoms with Crippen LogP contribution < -0.4 is 10.1 Å². The Bertz CT molecular complexity index is 545. The Morgan fingerprint density at radius 3 is 2.52 bits per heavy atom. The summed E-state index contributed by atoms with van der Waals surface area (Å²) in [5, 5.41) is 3.40. The summed E-state index contributed by atoms with van der Waals surface area (Å²) in [6.45, 7) is 10.1. The first-order chi connectivity index (χ1) is 10.1. The molecule has 0 fully saturated rings. The number of hydrogen-bond donors (Lipinski definition) is 1. The molecule has 4 nitrogen and oxygen atoms in total. The van der Waals surface area contributed by atoms with Gasteiger partial charge in [0.1, 0.15) is 12.4 Å². The van der Waals surface area contributed by atoms with Crippen LogP contribution in [0.4, 0.5) is 0 Å². The molecule has 1 unspecified atom stereocenters. The first kappa shape index (κ1) is 15.6. The molecule has 114 valence electrons. The van der Waals surface area contributed by atoms with Crippen LogP contribution in [0.1, 0.15) is 51.0 Å². The fourth-order valence-corrected chi connectivity index (χ4v) is 2.34. The Labute approximate surface area is 127 Å². The molecule has 0 spiro atoms. The Hall–Kier alpha value is -1.81. The average Bonchev–Trinajstić information content (AvgIpc) is 2.94. The first-order valence-electron chi connectivity index (χ1n) is 7.58. The third kappa shape index (κ3) is 4.08. The van der Waals surface area contributed by atoms with E-state index in [2.05, 4.69) is 54.7 Å². The Morgan fingerprint density at radius 1 is 1.19 bits per heavy atom. The lowest BCUT2D eigenvalue weighted by Gasteiger charge is -2.14. The highest BCUT2D eigenvalue weighted by Gasteiger charge is 2.07. The van der Waals surface area contributed by atoms with E-state index in [4.69, 9.17) is 4.74 Å². The van der Waals surface area contributed by atoms with Crippen molar-refractivity contribution in [1.29, 1.82) is 0 Å². The van der Waals surface area contributed by atoms with Crippen molar-refractivity contribution in [1.82, 2.24) is 14.9 Å². The highest BCUT2D eigenvalue weighted by atomic mass is 16.5.